The van der Waals surface area contributed by atoms with Crippen molar-refractivity contribution < 1.29 is 4.79 Å². The van der Waals surface area contributed by atoms with Gasteiger partial charge in [-0.15, -0.1) is 0 Å². The number of carbonyl (C=O) groups is 1. The molecule has 3 aromatic rings. The smallest absolute Gasteiger partial charge is 0.254 e. The Morgan fingerprint density at radius 1 is 1.11 bits per heavy atom. The minimum atomic E-state index is -0.0121. The van der Waals surface area contributed by atoms with Crippen LogP contribution in [0.2, 0.25) is 0 Å². The molecule has 5 heteroatoms. The Balaban J connectivity index is 1.92. The summed E-state index contributed by atoms with van der Waals surface area (Å²) in [6.07, 6.45) is 6.66. The average Bonchev–Trinajstić information content (AvgIpc) is 2.69. The van der Waals surface area contributed by atoms with Crippen molar-refractivity contribution >= 4 is 16.9 Å². The lowest BCUT2D eigenvalue weighted by Crippen LogP contribution is -2.31. The molecule has 0 radical (unpaired) electrons. The van der Waals surface area contributed by atoms with Gasteiger partial charge in [0, 0.05) is 25.0 Å². The van der Waals surface area contributed by atoms with Crippen LogP contribution in [0.5, 0.6) is 0 Å². The molecule has 0 saturated carbocycles. The maximum absolute atomic E-state index is 13.2. The Hall–Kier alpha value is -2.82. The van der Waals surface area contributed by atoms with E-state index in [1.165, 1.54) is 0 Å². The lowest BCUT2D eigenvalue weighted by atomic mass is 10.0. The van der Waals surface area contributed by atoms with Gasteiger partial charge < -0.3 is 4.90 Å². The Morgan fingerprint density at radius 2 is 1.85 bits per heavy atom. The predicted molar refractivity (Wildman–Crippen MR) is 108 cm³/mol. The number of pyridine rings is 1. The Kier molecular flexibility index (Phi) is 5.79. The summed E-state index contributed by atoms with van der Waals surface area (Å²) in [6.45, 7) is 6.04. The van der Waals surface area contributed by atoms with Gasteiger partial charge in [0.1, 0.15) is 0 Å². The van der Waals surface area contributed by atoms with Crippen LogP contribution in [0.25, 0.3) is 11.0 Å². The van der Waals surface area contributed by atoms with Gasteiger partial charge >= 0.3 is 0 Å². The predicted octanol–water partition coefficient (Wildman–Crippen LogP) is 4.65. The number of aryl methyl sites for hydroxylation is 2. The van der Waals surface area contributed by atoms with Crippen LogP contribution in [0.3, 0.4) is 0 Å². The van der Waals surface area contributed by atoms with E-state index >= 15 is 0 Å². The van der Waals surface area contributed by atoms with Gasteiger partial charge in [-0.25, -0.2) is 9.97 Å². The number of unbranched alkanes of at least 4 members (excludes halogenated alkanes) is 1. The summed E-state index contributed by atoms with van der Waals surface area (Å²) in [5, 5.41) is 0. The van der Waals surface area contributed by atoms with Crippen LogP contribution in [0.15, 0.2) is 42.7 Å². The summed E-state index contributed by atoms with van der Waals surface area (Å²) >= 11 is 0. The van der Waals surface area contributed by atoms with Crippen molar-refractivity contribution in [2.75, 3.05) is 7.05 Å². The summed E-state index contributed by atoms with van der Waals surface area (Å²) in [4.78, 5) is 28.4. The van der Waals surface area contributed by atoms with Crippen molar-refractivity contribution in [1.82, 2.24) is 19.9 Å². The van der Waals surface area contributed by atoms with E-state index in [0.717, 1.165) is 47.2 Å². The van der Waals surface area contributed by atoms with Gasteiger partial charge in [0.05, 0.1) is 28.5 Å². The maximum atomic E-state index is 13.2. The molecule has 140 valence electrons. The fourth-order valence-corrected chi connectivity index (χ4v) is 3.26. The number of rotatable bonds is 6. The largest absolute Gasteiger partial charge is 0.335 e. The number of benzene rings is 1. The van der Waals surface area contributed by atoms with E-state index in [-0.39, 0.29) is 11.9 Å². The zero-order chi connectivity index (χ0) is 19.4. The Morgan fingerprint density at radius 3 is 2.52 bits per heavy atom. The van der Waals surface area contributed by atoms with Gasteiger partial charge in [0.2, 0.25) is 0 Å². The first-order valence-corrected chi connectivity index (χ1v) is 9.43. The second-order valence-electron chi connectivity index (χ2n) is 6.96. The second-order valence-corrected chi connectivity index (χ2v) is 6.96. The molecule has 2 heterocycles. The van der Waals surface area contributed by atoms with Gasteiger partial charge in [0.15, 0.2) is 0 Å². The van der Waals surface area contributed by atoms with Crippen LogP contribution in [0.1, 0.15) is 59.5 Å². The molecule has 0 N–H and O–H groups in total. The molecule has 1 atom stereocenters. The van der Waals surface area contributed by atoms with E-state index in [0.29, 0.717) is 5.56 Å². The first kappa shape index (κ1) is 19.0. The SMILES string of the molecule is CCCC[C@@H](c1cccnc1)N(C)C(=O)c1ccc2nc(C)c(C)nc2c1. The van der Waals surface area contributed by atoms with Crippen molar-refractivity contribution in [1.29, 1.82) is 0 Å². The summed E-state index contributed by atoms with van der Waals surface area (Å²) in [5.74, 6) is -0.0121. The fourth-order valence-electron chi connectivity index (χ4n) is 3.26. The third-order valence-corrected chi connectivity index (χ3v) is 5.01. The molecule has 0 saturated heterocycles. The van der Waals surface area contributed by atoms with Gasteiger partial charge in [-0.1, -0.05) is 25.8 Å². The fraction of sp³-hybridized carbons (Fsp3) is 0.364. The zero-order valence-electron chi connectivity index (χ0n) is 16.4. The molecular weight excluding hydrogens is 336 g/mol. The average molecular weight is 362 g/mol. The number of aromatic nitrogens is 3. The van der Waals surface area contributed by atoms with Crippen molar-refractivity contribution in [3.05, 3.63) is 65.2 Å². The quantitative estimate of drug-likeness (QED) is 0.641. The number of carbonyl (C=O) groups excluding carboxylic acids is 1. The van der Waals surface area contributed by atoms with E-state index in [4.69, 9.17) is 0 Å². The van der Waals surface area contributed by atoms with E-state index in [9.17, 15) is 4.79 Å². The number of hydrogen-bond donors (Lipinski definition) is 0. The molecule has 5 nitrogen and oxygen atoms in total. The lowest BCUT2D eigenvalue weighted by molar-refractivity contribution is 0.0720. The highest BCUT2D eigenvalue weighted by molar-refractivity contribution is 5.97. The summed E-state index contributed by atoms with van der Waals surface area (Å²) < 4.78 is 0. The molecule has 0 unspecified atom stereocenters. The third kappa shape index (κ3) is 4.13. The number of hydrogen-bond acceptors (Lipinski definition) is 4. The van der Waals surface area contributed by atoms with Gasteiger partial charge in [-0.05, 0) is 50.1 Å². The van der Waals surface area contributed by atoms with Crippen LogP contribution in [0.4, 0.5) is 0 Å². The van der Waals surface area contributed by atoms with Crippen molar-refractivity contribution in [3.8, 4) is 0 Å². The summed E-state index contributed by atoms with van der Waals surface area (Å²) in [5.41, 5.74) is 5.06. The van der Waals surface area contributed by atoms with Crippen LogP contribution >= 0.6 is 0 Å². The topological polar surface area (TPSA) is 59.0 Å². The molecule has 0 aliphatic heterocycles. The molecular formula is C22H26N4O. The van der Waals surface area contributed by atoms with Crippen molar-refractivity contribution in [3.63, 3.8) is 0 Å². The molecule has 0 aliphatic carbocycles. The van der Waals surface area contributed by atoms with Gasteiger partial charge in [0.25, 0.3) is 5.91 Å². The van der Waals surface area contributed by atoms with Gasteiger partial charge in [-0.3, -0.25) is 9.78 Å². The molecule has 0 aliphatic rings. The first-order valence-electron chi connectivity index (χ1n) is 9.43. The number of fused-ring (bicyclic) bond motifs is 1. The van der Waals surface area contributed by atoms with Crippen molar-refractivity contribution in [2.45, 2.75) is 46.1 Å². The summed E-state index contributed by atoms with van der Waals surface area (Å²) in [6, 6.07) is 9.52. The van der Waals surface area contributed by atoms with Crippen LogP contribution in [-0.4, -0.2) is 32.8 Å². The normalized spacial score (nSPS) is 12.1. The minimum Gasteiger partial charge on any atom is -0.335 e. The van der Waals surface area contributed by atoms with Crippen molar-refractivity contribution in [2.24, 2.45) is 0 Å². The zero-order valence-corrected chi connectivity index (χ0v) is 16.4. The minimum absolute atomic E-state index is 0.00712. The van der Waals surface area contributed by atoms with Crippen LogP contribution in [-0.2, 0) is 0 Å². The monoisotopic (exact) mass is 362 g/mol. The number of amides is 1. The van der Waals surface area contributed by atoms with Gasteiger partial charge in [-0.2, -0.15) is 0 Å². The van der Waals surface area contributed by atoms with E-state index in [1.54, 1.807) is 6.20 Å². The summed E-state index contributed by atoms with van der Waals surface area (Å²) in [7, 11) is 1.87. The van der Waals surface area contributed by atoms with E-state index < -0.39 is 0 Å². The molecule has 2 aromatic heterocycles. The second kappa shape index (κ2) is 8.25. The Labute approximate surface area is 160 Å². The standard InChI is InChI=1S/C22H26N4O/c1-5-6-9-21(18-8-7-12-23-14-18)26(4)22(27)17-10-11-19-20(13-17)25-16(3)15(2)24-19/h7-8,10-14,21H,5-6,9H2,1-4H3/t21-/m0/s1. The molecule has 1 amide bonds. The third-order valence-electron chi connectivity index (χ3n) is 5.01. The molecule has 27 heavy (non-hydrogen) atoms. The molecule has 0 fully saturated rings. The molecule has 0 spiro atoms. The molecule has 3 rings (SSSR count). The van der Waals surface area contributed by atoms with E-state index in [2.05, 4.69) is 21.9 Å². The highest BCUT2D eigenvalue weighted by Gasteiger charge is 2.23. The highest BCUT2D eigenvalue weighted by atomic mass is 16.2. The molecule has 0 bridgehead atoms. The van der Waals surface area contributed by atoms with Crippen LogP contribution < -0.4 is 0 Å². The lowest BCUT2D eigenvalue weighted by Gasteiger charge is -2.28. The maximum Gasteiger partial charge on any atom is 0.254 e. The molecule has 1 aromatic carbocycles. The number of nitrogens with zero attached hydrogens (tertiary/aromatic N) is 4. The van der Waals surface area contributed by atoms with E-state index in [1.807, 2.05) is 62.3 Å². The highest BCUT2D eigenvalue weighted by Crippen LogP contribution is 2.27. The Bertz CT molecular complexity index is 940. The van der Waals surface area contributed by atoms with Crippen LogP contribution in [0, 0.1) is 13.8 Å². The first-order chi connectivity index (χ1) is 13.0.